The van der Waals surface area contributed by atoms with Gasteiger partial charge in [-0.15, -0.1) is 0 Å². The summed E-state index contributed by atoms with van der Waals surface area (Å²) in [5.41, 5.74) is 6.19. The summed E-state index contributed by atoms with van der Waals surface area (Å²) in [5, 5.41) is 0. The Morgan fingerprint density at radius 2 is 1.59 bits per heavy atom. The van der Waals surface area contributed by atoms with Crippen LogP contribution in [0.5, 0.6) is 5.75 Å². The van der Waals surface area contributed by atoms with Crippen molar-refractivity contribution in [2.45, 2.75) is 136 Å². The highest BCUT2D eigenvalue weighted by molar-refractivity contribution is 5.72. The van der Waals surface area contributed by atoms with E-state index in [0.717, 1.165) is 19.3 Å². The molecule has 0 bridgehead atoms. The first-order valence-electron chi connectivity index (χ1n) is 15.4. The second-order valence-electron chi connectivity index (χ2n) is 11.9. The number of hydrogen-bond donors (Lipinski definition) is 0. The van der Waals surface area contributed by atoms with E-state index < -0.39 is 0 Å². The Balaban J connectivity index is 1.53. The van der Waals surface area contributed by atoms with E-state index >= 15 is 0 Å². The molecule has 1 unspecified atom stereocenters. The predicted octanol–water partition coefficient (Wildman–Crippen LogP) is 10.1. The smallest absolute Gasteiger partial charge is 0.311 e. The Labute approximate surface area is 227 Å². The van der Waals surface area contributed by atoms with E-state index in [1.165, 1.54) is 93.7 Å². The van der Waals surface area contributed by atoms with Crippen LogP contribution in [0, 0.1) is 12.8 Å². The number of ether oxygens (including phenoxy) is 1. The molecule has 2 heteroatoms. The molecular formula is C35H52O2. The fourth-order valence-electron chi connectivity index (χ4n) is 6.24. The van der Waals surface area contributed by atoms with Gasteiger partial charge in [0.2, 0.25) is 0 Å². The third kappa shape index (κ3) is 9.31. The molecule has 2 nitrogen and oxygen atoms in total. The average Bonchev–Trinajstić information content (AvgIpc) is 2.89. The van der Waals surface area contributed by atoms with Gasteiger partial charge in [0, 0.05) is 6.42 Å². The van der Waals surface area contributed by atoms with Gasteiger partial charge in [-0.1, -0.05) is 115 Å². The second kappa shape index (κ2) is 15.4. The minimum atomic E-state index is -0.113. The summed E-state index contributed by atoms with van der Waals surface area (Å²) in [5.74, 6) is 0.936. The van der Waals surface area contributed by atoms with Gasteiger partial charge >= 0.3 is 5.97 Å². The molecule has 2 aromatic carbocycles. The third-order valence-corrected chi connectivity index (χ3v) is 8.68. The number of carbonyl (C=O) groups excluding carboxylic acids is 1. The van der Waals surface area contributed by atoms with Crippen LogP contribution in [0.15, 0.2) is 42.5 Å². The number of benzene rings is 2. The lowest BCUT2D eigenvalue weighted by Crippen LogP contribution is -2.29. The molecule has 0 saturated heterocycles. The van der Waals surface area contributed by atoms with E-state index in [4.69, 9.17) is 4.74 Å². The van der Waals surface area contributed by atoms with E-state index in [1.54, 1.807) is 5.56 Å². The van der Waals surface area contributed by atoms with Crippen LogP contribution in [0.3, 0.4) is 0 Å². The van der Waals surface area contributed by atoms with Crippen LogP contribution in [0.1, 0.15) is 133 Å². The number of carbonyl (C=O) groups is 1. The fraction of sp³-hybridized carbons (Fsp3) is 0.629. The first-order valence-corrected chi connectivity index (χ1v) is 15.4. The molecular weight excluding hydrogens is 452 g/mol. The lowest BCUT2D eigenvalue weighted by molar-refractivity contribution is -0.135. The van der Waals surface area contributed by atoms with Gasteiger partial charge in [-0.3, -0.25) is 4.79 Å². The summed E-state index contributed by atoms with van der Waals surface area (Å²) in [6.07, 6.45) is 19.6. The minimum absolute atomic E-state index is 0.113. The average molecular weight is 505 g/mol. The molecule has 3 rings (SSSR count). The summed E-state index contributed by atoms with van der Waals surface area (Å²) in [7, 11) is 0. The lowest BCUT2D eigenvalue weighted by Gasteiger charge is -2.38. The molecule has 0 heterocycles. The van der Waals surface area contributed by atoms with Crippen LogP contribution in [-0.4, -0.2) is 5.97 Å². The van der Waals surface area contributed by atoms with Crippen molar-refractivity contribution < 1.29 is 9.53 Å². The Bertz CT molecular complexity index is 936. The van der Waals surface area contributed by atoms with Gasteiger partial charge in [0.05, 0.1) is 0 Å². The van der Waals surface area contributed by atoms with E-state index in [9.17, 15) is 4.79 Å². The molecule has 1 saturated carbocycles. The zero-order valence-electron chi connectivity index (χ0n) is 24.2. The quantitative estimate of drug-likeness (QED) is 0.137. The topological polar surface area (TPSA) is 26.3 Å². The molecule has 0 aliphatic heterocycles. The molecule has 204 valence electrons. The van der Waals surface area contributed by atoms with E-state index in [1.807, 2.05) is 12.1 Å². The number of aryl methyl sites for hydroxylation is 3. The first-order chi connectivity index (χ1) is 18.0. The maximum absolute atomic E-state index is 12.3. The maximum Gasteiger partial charge on any atom is 0.311 e. The van der Waals surface area contributed by atoms with Crippen molar-refractivity contribution in [3.8, 4) is 5.75 Å². The third-order valence-electron chi connectivity index (χ3n) is 8.68. The van der Waals surface area contributed by atoms with Crippen molar-refractivity contribution >= 4 is 5.97 Å². The molecule has 1 aliphatic rings. The zero-order chi connectivity index (χ0) is 26.5. The van der Waals surface area contributed by atoms with E-state index in [2.05, 4.69) is 58.0 Å². The van der Waals surface area contributed by atoms with Gasteiger partial charge in [-0.05, 0) is 84.7 Å². The Morgan fingerprint density at radius 3 is 2.27 bits per heavy atom. The van der Waals surface area contributed by atoms with E-state index in [-0.39, 0.29) is 5.97 Å². The largest absolute Gasteiger partial charge is 0.427 e. The molecule has 0 amide bonds. The van der Waals surface area contributed by atoms with Crippen molar-refractivity contribution in [2.75, 3.05) is 0 Å². The summed E-state index contributed by atoms with van der Waals surface area (Å²) >= 11 is 0. The standard InChI is InChI=1S/C35H52O2/c1-5-7-10-14-28(3)26-34(36)37-33-21-16-30(17-22-33)15-18-31-19-20-32(27-29(31)4)35(23-11-8-6-2)24-12-9-13-25-35/h16-17,19-22,27-28H,5-15,18,23-26H2,1-4H3. The van der Waals surface area contributed by atoms with Gasteiger partial charge in [0.1, 0.15) is 5.75 Å². The van der Waals surface area contributed by atoms with Crippen molar-refractivity contribution in [3.63, 3.8) is 0 Å². The van der Waals surface area contributed by atoms with Crippen LogP contribution < -0.4 is 4.74 Å². The van der Waals surface area contributed by atoms with Crippen LogP contribution in [0.4, 0.5) is 0 Å². The summed E-state index contributed by atoms with van der Waals surface area (Å²) in [6.45, 7) is 8.97. The van der Waals surface area contributed by atoms with E-state index in [0.29, 0.717) is 23.5 Å². The molecule has 1 atom stereocenters. The fourth-order valence-corrected chi connectivity index (χ4v) is 6.24. The number of hydrogen-bond acceptors (Lipinski definition) is 2. The lowest BCUT2D eigenvalue weighted by atomic mass is 9.66. The van der Waals surface area contributed by atoms with Gasteiger partial charge in [0.25, 0.3) is 0 Å². The van der Waals surface area contributed by atoms with Crippen molar-refractivity contribution in [1.82, 2.24) is 0 Å². The Kier molecular flexibility index (Phi) is 12.2. The monoisotopic (exact) mass is 504 g/mol. The minimum Gasteiger partial charge on any atom is -0.427 e. The molecule has 0 N–H and O–H groups in total. The van der Waals surface area contributed by atoms with Crippen LogP contribution in [0.25, 0.3) is 0 Å². The van der Waals surface area contributed by atoms with Gasteiger partial charge in [-0.2, -0.15) is 0 Å². The van der Waals surface area contributed by atoms with Gasteiger partial charge in [-0.25, -0.2) is 0 Å². The number of esters is 1. The van der Waals surface area contributed by atoms with Crippen molar-refractivity contribution in [2.24, 2.45) is 5.92 Å². The Morgan fingerprint density at radius 1 is 0.892 bits per heavy atom. The van der Waals surface area contributed by atoms with Crippen LogP contribution in [-0.2, 0) is 23.1 Å². The molecule has 37 heavy (non-hydrogen) atoms. The van der Waals surface area contributed by atoms with Crippen LogP contribution in [0.2, 0.25) is 0 Å². The SMILES string of the molecule is CCCCCC(C)CC(=O)Oc1ccc(CCc2ccc(C3(CCCCC)CCCCC3)cc2C)cc1. The Hall–Kier alpha value is -2.09. The molecule has 0 spiro atoms. The normalized spacial score (nSPS) is 15.9. The van der Waals surface area contributed by atoms with Crippen molar-refractivity contribution in [3.05, 3.63) is 64.7 Å². The van der Waals surface area contributed by atoms with Gasteiger partial charge < -0.3 is 4.74 Å². The maximum atomic E-state index is 12.3. The summed E-state index contributed by atoms with van der Waals surface area (Å²) in [4.78, 5) is 12.3. The molecule has 1 fully saturated rings. The second-order valence-corrected chi connectivity index (χ2v) is 11.9. The number of unbranched alkanes of at least 4 members (excludes halogenated alkanes) is 4. The summed E-state index contributed by atoms with van der Waals surface area (Å²) < 4.78 is 5.60. The summed E-state index contributed by atoms with van der Waals surface area (Å²) in [6, 6.07) is 15.5. The van der Waals surface area contributed by atoms with Crippen LogP contribution >= 0.6 is 0 Å². The highest BCUT2D eigenvalue weighted by Crippen LogP contribution is 2.44. The molecule has 1 aliphatic carbocycles. The number of rotatable bonds is 15. The molecule has 0 aromatic heterocycles. The zero-order valence-corrected chi connectivity index (χ0v) is 24.2. The first kappa shape index (κ1) is 29.5. The highest BCUT2D eigenvalue weighted by Gasteiger charge is 2.33. The van der Waals surface area contributed by atoms with Gasteiger partial charge in [0.15, 0.2) is 0 Å². The molecule has 0 radical (unpaired) electrons. The predicted molar refractivity (Wildman–Crippen MR) is 157 cm³/mol. The highest BCUT2D eigenvalue weighted by atomic mass is 16.5. The molecule has 2 aromatic rings. The van der Waals surface area contributed by atoms with Crippen molar-refractivity contribution in [1.29, 1.82) is 0 Å².